The van der Waals surface area contributed by atoms with Crippen LogP contribution in [0.5, 0.6) is 0 Å². The minimum atomic E-state index is 0.0118. The predicted octanol–water partition coefficient (Wildman–Crippen LogP) is 6.30. The number of nitrogens with one attached hydrogen (secondary N) is 1. The van der Waals surface area contributed by atoms with Gasteiger partial charge in [-0.05, 0) is 87.5 Å². The molecule has 6 nitrogen and oxygen atoms in total. The van der Waals surface area contributed by atoms with E-state index < -0.39 is 0 Å². The molecule has 0 bridgehead atoms. The largest absolute Gasteiger partial charge is 0.500 e. The fourth-order valence-corrected chi connectivity index (χ4v) is 6.19. The number of benzene rings is 1. The Morgan fingerprint density at radius 2 is 2.11 bits per heavy atom. The van der Waals surface area contributed by atoms with Gasteiger partial charge in [0.1, 0.15) is 11.6 Å². The number of pyridine rings is 1. The highest BCUT2D eigenvalue weighted by Crippen LogP contribution is 2.39. The number of hydrogen-bond acceptors (Lipinski definition) is 6. The number of hydrogen-bond donors (Lipinski definition) is 1. The number of aryl methyl sites for hydroxylation is 3. The number of anilines is 1. The molecule has 4 heterocycles. The molecule has 5 rings (SSSR count). The monoisotopic (exact) mass is 519 g/mol. The molecule has 2 saturated heterocycles. The lowest BCUT2D eigenvalue weighted by atomic mass is 9.90. The third kappa shape index (κ3) is 6.59. The van der Waals surface area contributed by atoms with Gasteiger partial charge >= 0.3 is 0 Å². The second-order valence-corrected chi connectivity index (χ2v) is 11.1. The number of likely N-dealkylation sites (tertiary alicyclic amines) is 1. The molecule has 38 heavy (non-hydrogen) atoms. The van der Waals surface area contributed by atoms with E-state index in [9.17, 15) is 0 Å². The molecule has 3 aliphatic rings. The number of unbranched alkanes of at least 4 members (excludes halogenated alkanes) is 1. The van der Waals surface area contributed by atoms with Crippen molar-refractivity contribution in [2.24, 2.45) is 0 Å². The number of fused-ring (bicyclic) bond motifs is 1. The van der Waals surface area contributed by atoms with Gasteiger partial charge in [0.25, 0.3) is 0 Å². The topological polar surface area (TPSA) is 55.9 Å². The maximum Gasteiger partial charge on any atom is 0.129 e. The number of rotatable bonds is 11. The lowest BCUT2D eigenvalue weighted by molar-refractivity contribution is 0.0132. The summed E-state index contributed by atoms with van der Waals surface area (Å²) in [6.45, 7) is 11.0. The van der Waals surface area contributed by atoms with Gasteiger partial charge in [0.15, 0.2) is 0 Å². The quantitative estimate of drug-likeness (QED) is 0.278. The standard InChI is InChI=1S/C32H45N3O3/c1-23-12-15-28(30-11-5-7-20-38-30)29(21-23)31(24(2)36-3)35-18-16-27(22-35)37-19-6-4-10-26-14-13-25-9-8-17-33-32(25)34-26/h12-15,21,27,30-31H,2,4-11,16-20,22H2,1,3H3,(H,33,34). The Labute approximate surface area is 228 Å². The summed E-state index contributed by atoms with van der Waals surface area (Å²) in [7, 11) is 1.74. The van der Waals surface area contributed by atoms with Gasteiger partial charge < -0.3 is 19.5 Å². The molecular weight excluding hydrogens is 474 g/mol. The molecular formula is C32H45N3O3. The van der Waals surface area contributed by atoms with Crippen LogP contribution in [-0.2, 0) is 27.1 Å². The molecule has 0 amide bonds. The molecule has 3 atom stereocenters. The predicted molar refractivity (Wildman–Crippen MR) is 153 cm³/mol. The van der Waals surface area contributed by atoms with Crippen LogP contribution in [0.4, 0.5) is 5.82 Å². The van der Waals surface area contributed by atoms with Crippen molar-refractivity contribution in [3.8, 4) is 0 Å². The molecule has 3 aliphatic heterocycles. The van der Waals surface area contributed by atoms with Crippen molar-refractivity contribution in [2.75, 3.05) is 45.3 Å². The molecule has 1 N–H and O–H groups in total. The second-order valence-electron chi connectivity index (χ2n) is 11.1. The van der Waals surface area contributed by atoms with Gasteiger partial charge in [0.05, 0.1) is 25.4 Å². The summed E-state index contributed by atoms with van der Waals surface area (Å²) < 4.78 is 18.3. The smallest absolute Gasteiger partial charge is 0.129 e. The highest BCUT2D eigenvalue weighted by molar-refractivity contribution is 5.47. The third-order valence-corrected chi connectivity index (χ3v) is 8.30. The third-order valence-electron chi connectivity index (χ3n) is 8.30. The first-order chi connectivity index (χ1) is 18.6. The average molecular weight is 520 g/mol. The van der Waals surface area contributed by atoms with Crippen LogP contribution >= 0.6 is 0 Å². The van der Waals surface area contributed by atoms with E-state index in [1.165, 1.54) is 40.8 Å². The van der Waals surface area contributed by atoms with E-state index in [-0.39, 0.29) is 18.2 Å². The molecule has 1 aromatic heterocycles. The van der Waals surface area contributed by atoms with Crippen molar-refractivity contribution in [2.45, 2.75) is 83.0 Å². The van der Waals surface area contributed by atoms with E-state index in [1.807, 2.05) is 0 Å². The van der Waals surface area contributed by atoms with Gasteiger partial charge in [-0.25, -0.2) is 4.98 Å². The fraction of sp³-hybridized carbons (Fsp3) is 0.594. The maximum absolute atomic E-state index is 6.36. The highest BCUT2D eigenvalue weighted by atomic mass is 16.5. The van der Waals surface area contributed by atoms with Crippen LogP contribution in [-0.4, -0.2) is 55.9 Å². The van der Waals surface area contributed by atoms with E-state index in [0.29, 0.717) is 0 Å². The summed E-state index contributed by atoms with van der Waals surface area (Å²) in [5, 5.41) is 3.44. The number of nitrogens with zero attached hydrogens (tertiary/aromatic N) is 2. The van der Waals surface area contributed by atoms with Crippen molar-refractivity contribution < 1.29 is 14.2 Å². The minimum absolute atomic E-state index is 0.0118. The Bertz CT molecular complexity index is 1080. The number of aromatic nitrogens is 1. The Morgan fingerprint density at radius 3 is 2.95 bits per heavy atom. The molecule has 1 aromatic carbocycles. The van der Waals surface area contributed by atoms with Crippen molar-refractivity contribution >= 4 is 5.82 Å². The van der Waals surface area contributed by atoms with Crippen molar-refractivity contribution in [3.05, 3.63) is 70.6 Å². The van der Waals surface area contributed by atoms with Gasteiger partial charge in [0.2, 0.25) is 0 Å². The van der Waals surface area contributed by atoms with E-state index in [1.54, 1.807) is 7.11 Å². The molecule has 206 valence electrons. The van der Waals surface area contributed by atoms with Crippen LogP contribution in [0.1, 0.15) is 85.0 Å². The number of ether oxygens (including phenoxy) is 3. The van der Waals surface area contributed by atoms with Gasteiger partial charge in [-0.2, -0.15) is 0 Å². The van der Waals surface area contributed by atoms with Crippen LogP contribution in [0.25, 0.3) is 0 Å². The van der Waals surface area contributed by atoms with Crippen LogP contribution in [0, 0.1) is 6.92 Å². The van der Waals surface area contributed by atoms with Crippen LogP contribution < -0.4 is 5.32 Å². The Kier molecular flexibility index (Phi) is 9.36. The zero-order valence-corrected chi connectivity index (χ0v) is 23.3. The SMILES string of the molecule is C=C(OC)C(c1cc(C)ccc1C1CCCCO1)N1CCC(OCCCCc2ccc3c(n2)NCCC3)C1. The summed E-state index contributed by atoms with van der Waals surface area (Å²) in [4.78, 5) is 7.32. The van der Waals surface area contributed by atoms with Gasteiger partial charge in [0, 0.05) is 38.5 Å². The summed E-state index contributed by atoms with van der Waals surface area (Å²) in [5.41, 5.74) is 6.35. The minimum Gasteiger partial charge on any atom is -0.500 e. The second kappa shape index (κ2) is 13.1. The number of methoxy groups -OCH3 is 1. The van der Waals surface area contributed by atoms with Gasteiger partial charge in [-0.3, -0.25) is 4.90 Å². The van der Waals surface area contributed by atoms with Crippen molar-refractivity contribution in [1.29, 1.82) is 0 Å². The summed E-state index contributed by atoms with van der Waals surface area (Å²) >= 11 is 0. The Hall–Kier alpha value is -2.41. The Morgan fingerprint density at radius 1 is 1.18 bits per heavy atom. The van der Waals surface area contributed by atoms with E-state index in [0.717, 1.165) is 89.4 Å². The molecule has 6 heteroatoms. The highest BCUT2D eigenvalue weighted by Gasteiger charge is 2.34. The average Bonchev–Trinajstić information content (AvgIpc) is 3.41. The summed E-state index contributed by atoms with van der Waals surface area (Å²) in [5.74, 6) is 1.88. The first-order valence-corrected chi connectivity index (χ1v) is 14.7. The van der Waals surface area contributed by atoms with Crippen molar-refractivity contribution in [1.82, 2.24) is 9.88 Å². The first-order valence-electron chi connectivity index (χ1n) is 14.7. The molecule has 2 fully saturated rings. The Balaban J connectivity index is 1.15. The molecule has 0 radical (unpaired) electrons. The molecule has 0 spiro atoms. The lowest BCUT2D eigenvalue weighted by Crippen LogP contribution is -2.31. The van der Waals surface area contributed by atoms with E-state index in [2.05, 4.69) is 54.1 Å². The lowest BCUT2D eigenvalue weighted by Gasteiger charge is -2.33. The molecule has 2 aromatic rings. The zero-order valence-electron chi connectivity index (χ0n) is 23.3. The van der Waals surface area contributed by atoms with E-state index >= 15 is 0 Å². The zero-order chi connectivity index (χ0) is 26.3. The maximum atomic E-state index is 6.36. The summed E-state index contributed by atoms with van der Waals surface area (Å²) in [6.07, 6.45) is 10.4. The molecule has 0 aliphatic carbocycles. The molecule has 3 unspecified atom stereocenters. The van der Waals surface area contributed by atoms with Crippen LogP contribution in [0.2, 0.25) is 0 Å². The van der Waals surface area contributed by atoms with Crippen LogP contribution in [0.3, 0.4) is 0 Å². The van der Waals surface area contributed by atoms with Gasteiger partial charge in [-0.15, -0.1) is 0 Å². The van der Waals surface area contributed by atoms with Gasteiger partial charge in [-0.1, -0.05) is 36.4 Å². The fourth-order valence-electron chi connectivity index (χ4n) is 6.19. The van der Waals surface area contributed by atoms with Crippen molar-refractivity contribution in [3.63, 3.8) is 0 Å². The first kappa shape index (κ1) is 27.2. The normalized spacial score (nSPS) is 22.5. The summed E-state index contributed by atoms with van der Waals surface area (Å²) in [6, 6.07) is 11.2. The van der Waals surface area contributed by atoms with E-state index in [4.69, 9.17) is 19.2 Å². The van der Waals surface area contributed by atoms with Crippen LogP contribution in [0.15, 0.2) is 42.7 Å². The molecule has 0 saturated carbocycles.